The summed E-state index contributed by atoms with van der Waals surface area (Å²) in [5.74, 6) is 0.139. The number of carbonyl (C=O) groups is 2. The minimum Gasteiger partial charge on any atom is -0.444 e. The second-order valence-electron chi connectivity index (χ2n) is 7.17. The molecule has 0 N–H and O–H groups in total. The van der Waals surface area contributed by atoms with Gasteiger partial charge in [-0.3, -0.25) is 4.79 Å². The topological polar surface area (TPSA) is 49.9 Å². The molecule has 0 radical (unpaired) electrons. The molecule has 1 fully saturated rings. The Morgan fingerprint density at radius 3 is 2.50 bits per heavy atom. The molecule has 0 bridgehead atoms. The molecule has 1 aromatic rings. The predicted molar refractivity (Wildman–Crippen MR) is 99.0 cm³/mol. The molecule has 134 valence electrons. The summed E-state index contributed by atoms with van der Waals surface area (Å²) in [6.07, 6.45) is 1.10. The average molecular weight is 417 g/mol. The molecule has 0 aliphatic carbocycles. The van der Waals surface area contributed by atoms with Crippen LogP contribution < -0.4 is 0 Å². The number of nitrogens with zero attached hydrogens (tertiary/aromatic N) is 2. The number of amides is 2. The van der Waals surface area contributed by atoms with Gasteiger partial charge in [-0.25, -0.2) is 4.79 Å². The van der Waals surface area contributed by atoms with Gasteiger partial charge in [-0.05, 0) is 55.6 Å². The Morgan fingerprint density at radius 2 is 2.00 bits per heavy atom. The van der Waals surface area contributed by atoms with Gasteiger partial charge >= 0.3 is 6.09 Å². The highest BCUT2D eigenvalue weighted by atomic mass is 79.9. The van der Waals surface area contributed by atoms with Gasteiger partial charge in [0.05, 0.1) is 6.54 Å². The largest absolute Gasteiger partial charge is 0.444 e. The first-order chi connectivity index (χ1) is 11.2. The van der Waals surface area contributed by atoms with Crippen LogP contribution in [-0.2, 0) is 16.1 Å². The molecule has 1 aliphatic rings. The first kappa shape index (κ1) is 19.2. The molecular formula is C17H25BrN2O3S. The van der Waals surface area contributed by atoms with Crippen LogP contribution in [-0.4, -0.2) is 47.5 Å². The van der Waals surface area contributed by atoms with Gasteiger partial charge in [0.15, 0.2) is 0 Å². The van der Waals surface area contributed by atoms with E-state index in [2.05, 4.69) is 15.9 Å². The van der Waals surface area contributed by atoms with Gasteiger partial charge in [0.25, 0.3) is 0 Å². The van der Waals surface area contributed by atoms with Gasteiger partial charge in [-0.1, -0.05) is 0 Å². The highest BCUT2D eigenvalue weighted by Gasteiger charge is 2.31. The van der Waals surface area contributed by atoms with Crippen LogP contribution in [0.4, 0.5) is 4.79 Å². The molecule has 24 heavy (non-hydrogen) atoms. The summed E-state index contributed by atoms with van der Waals surface area (Å²) in [5.41, 5.74) is -0.487. The van der Waals surface area contributed by atoms with Crippen molar-refractivity contribution in [2.24, 2.45) is 5.92 Å². The Hall–Kier alpha value is -1.08. The van der Waals surface area contributed by atoms with E-state index in [1.165, 1.54) is 0 Å². The number of hydrogen-bond acceptors (Lipinski definition) is 4. The van der Waals surface area contributed by atoms with Crippen molar-refractivity contribution >= 4 is 39.3 Å². The maximum atomic E-state index is 12.6. The van der Waals surface area contributed by atoms with Crippen LogP contribution in [0.25, 0.3) is 0 Å². The lowest BCUT2D eigenvalue weighted by Crippen LogP contribution is -2.45. The Balaban J connectivity index is 1.82. The molecule has 2 rings (SSSR count). The maximum absolute atomic E-state index is 12.6. The normalized spacial score (nSPS) is 16.1. The number of likely N-dealkylation sites (tertiary alicyclic amines) is 1. The molecule has 7 heteroatoms. The van der Waals surface area contributed by atoms with Gasteiger partial charge in [0.2, 0.25) is 5.91 Å². The zero-order valence-corrected chi connectivity index (χ0v) is 17.1. The van der Waals surface area contributed by atoms with Crippen molar-refractivity contribution < 1.29 is 14.3 Å². The molecular weight excluding hydrogens is 392 g/mol. The zero-order valence-electron chi connectivity index (χ0n) is 14.7. The summed E-state index contributed by atoms with van der Waals surface area (Å²) in [6, 6.07) is 2.04. The third kappa shape index (κ3) is 5.48. The number of rotatable bonds is 3. The molecule has 0 saturated carbocycles. The van der Waals surface area contributed by atoms with Crippen molar-refractivity contribution in [3.8, 4) is 0 Å². The van der Waals surface area contributed by atoms with E-state index in [-0.39, 0.29) is 17.9 Å². The third-order valence-corrected chi connectivity index (χ3v) is 5.57. The van der Waals surface area contributed by atoms with Gasteiger partial charge in [-0.2, -0.15) is 0 Å². The number of carbonyl (C=O) groups excluding carboxylic acids is 2. The lowest BCUT2D eigenvalue weighted by atomic mass is 9.95. The smallest absolute Gasteiger partial charge is 0.410 e. The summed E-state index contributed by atoms with van der Waals surface area (Å²) >= 11 is 5.08. The van der Waals surface area contributed by atoms with Crippen molar-refractivity contribution in [3.63, 3.8) is 0 Å². The first-order valence-corrected chi connectivity index (χ1v) is 9.79. The number of halogens is 1. The second kappa shape index (κ2) is 7.87. The number of ether oxygens (including phenoxy) is 1. The Bertz CT molecular complexity index is 589. The fourth-order valence-electron chi connectivity index (χ4n) is 2.70. The van der Waals surface area contributed by atoms with E-state index >= 15 is 0 Å². The van der Waals surface area contributed by atoms with Gasteiger partial charge in [0, 0.05) is 40.8 Å². The molecule has 1 aliphatic heterocycles. The van der Waals surface area contributed by atoms with Crippen LogP contribution in [0.15, 0.2) is 15.9 Å². The lowest BCUT2D eigenvalue weighted by Gasteiger charge is -2.34. The molecule has 0 aromatic carbocycles. The standard InChI is InChI=1S/C17H25BrN2O3S/c1-17(2,3)23-16(22)20-7-5-12(6-8-20)15(21)19(4)10-14-9-13(18)11-24-14/h9,11-12H,5-8,10H2,1-4H3. The molecule has 1 saturated heterocycles. The Labute approximate surface area is 156 Å². The highest BCUT2D eigenvalue weighted by Crippen LogP contribution is 2.24. The number of piperidine rings is 1. The Kier molecular flexibility index (Phi) is 6.31. The monoisotopic (exact) mass is 416 g/mol. The molecule has 1 aromatic heterocycles. The fourth-order valence-corrected chi connectivity index (χ4v) is 4.20. The predicted octanol–water partition coefficient (Wildman–Crippen LogP) is 4.12. The van der Waals surface area contributed by atoms with E-state index in [0.29, 0.717) is 32.5 Å². The van der Waals surface area contributed by atoms with Crippen LogP contribution in [0, 0.1) is 5.92 Å². The van der Waals surface area contributed by atoms with E-state index in [0.717, 1.165) is 9.35 Å². The van der Waals surface area contributed by atoms with E-state index < -0.39 is 5.60 Å². The summed E-state index contributed by atoms with van der Waals surface area (Å²) < 4.78 is 6.44. The molecule has 2 amide bonds. The van der Waals surface area contributed by atoms with Gasteiger partial charge < -0.3 is 14.5 Å². The SMILES string of the molecule is CN(Cc1cc(Br)cs1)C(=O)C1CCN(C(=O)OC(C)(C)C)CC1. The van der Waals surface area contributed by atoms with E-state index in [9.17, 15) is 9.59 Å². The third-order valence-electron chi connectivity index (χ3n) is 3.89. The first-order valence-electron chi connectivity index (χ1n) is 8.11. The molecule has 0 unspecified atom stereocenters. The van der Waals surface area contributed by atoms with Crippen molar-refractivity contribution in [3.05, 3.63) is 20.8 Å². The quantitative estimate of drug-likeness (QED) is 0.744. The van der Waals surface area contributed by atoms with Crippen LogP contribution in [0.1, 0.15) is 38.5 Å². The van der Waals surface area contributed by atoms with Crippen LogP contribution >= 0.6 is 27.3 Å². The zero-order chi connectivity index (χ0) is 17.9. The van der Waals surface area contributed by atoms with Gasteiger partial charge in [0.1, 0.15) is 5.60 Å². The summed E-state index contributed by atoms with van der Waals surface area (Å²) in [7, 11) is 1.84. The molecule has 2 heterocycles. The van der Waals surface area contributed by atoms with Crippen LogP contribution in [0.5, 0.6) is 0 Å². The maximum Gasteiger partial charge on any atom is 0.410 e. The van der Waals surface area contributed by atoms with E-state index in [1.54, 1.807) is 21.1 Å². The minimum atomic E-state index is -0.487. The average Bonchev–Trinajstić information content (AvgIpc) is 2.90. The van der Waals surface area contributed by atoms with Crippen LogP contribution in [0.2, 0.25) is 0 Å². The second-order valence-corrected chi connectivity index (χ2v) is 9.08. The number of thiophene rings is 1. The molecule has 0 spiro atoms. The minimum absolute atomic E-state index is 0.0166. The van der Waals surface area contributed by atoms with Crippen molar-refractivity contribution in [2.45, 2.75) is 45.8 Å². The van der Waals surface area contributed by atoms with Crippen LogP contribution in [0.3, 0.4) is 0 Å². The highest BCUT2D eigenvalue weighted by molar-refractivity contribution is 9.10. The van der Waals surface area contributed by atoms with E-state index in [1.807, 2.05) is 39.3 Å². The lowest BCUT2D eigenvalue weighted by molar-refractivity contribution is -0.136. The Morgan fingerprint density at radius 1 is 1.38 bits per heavy atom. The number of hydrogen-bond donors (Lipinski definition) is 0. The molecule has 0 atom stereocenters. The van der Waals surface area contributed by atoms with Crippen molar-refractivity contribution in [1.29, 1.82) is 0 Å². The van der Waals surface area contributed by atoms with Crippen molar-refractivity contribution in [1.82, 2.24) is 9.80 Å². The summed E-state index contributed by atoms with van der Waals surface area (Å²) in [5, 5.41) is 2.02. The summed E-state index contributed by atoms with van der Waals surface area (Å²) in [6.45, 7) is 7.35. The van der Waals surface area contributed by atoms with Gasteiger partial charge in [-0.15, -0.1) is 11.3 Å². The van der Waals surface area contributed by atoms with Crippen molar-refractivity contribution in [2.75, 3.05) is 20.1 Å². The fraction of sp³-hybridized carbons (Fsp3) is 0.647. The van der Waals surface area contributed by atoms with E-state index in [4.69, 9.17) is 4.74 Å². The summed E-state index contributed by atoms with van der Waals surface area (Å²) in [4.78, 5) is 29.3. The molecule has 5 nitrogen and oxygen atoms in total.